The van der Waals surface area contributed by atoms with Crippen molar-refractivity contribution in [1.29, 1.82) is 0 Å². The average molecular weight is 282 g/mol. The minimum absolute atomic E-state index is 0.0267. The molecule has 20 heavy (non-hydrogen) atoms. The first-order chi connectivity index (χ1) is 9.45. The maximum atomic E-state index is 11.4. The summed E-state index contributed by atoms with van der Waals surface area (Å²) in [4.78, 5) is 37.0. The molecule has 1 aromatic carbocycles. The average Bonchev–Trinajstić information content (AvgIpc) is 2.39. The molecule has 0 fully saturated rings. The second-order valence-corrected chi connectivity index (χ2v) is 3.79. The first-order valence-corrected chi connectivity index (χ1v) is 5.85. The molecule has 0 spiro atoms. The van der Waals surface area contributed by atoms with Gasteiger partial charge in [0.2, 0.25) is 0 Å². The number of rotatable bonds is 7. The van der Waals surface area contributed by atoms with Crippen LogP contribution in [0.3, 0.4) is 0 Å². The van der Waals surface area contributed by atoms with Crippen LogP contribution in [0.15, 0.2) is 18.2 Å². The number of carbonyl (C=O) groups excluding carboxylic acids is 2. The molecule has 0 unspecified atom stereocenters. The number of hydrogen-bond acceptors (Lipinski definition) is 6. The van der Waals surface area contributed by atoms with Gasteiger partial charge in [0.05, 0.1) is 5.56 Å². The van der Waals surface area contributed by atoms with Crippen LogP contribution in [0.1, 0.15) is 29.3 Å². The van der Waals surface area contributed by atoms with E-state index in [1.807, 2.05) is 0 Å². The highest BCUT2D eigenvalue weighted by molar-refractivity contribution is 5.97. The van der Waals surface area contributed by atoms with Crippen molar-refractivity contribution in [3.63, 3.8) is 0 Å². The molecule has 8 heteroatoms. The van der Waals surface area contributed by atoms with E-state index in [0.29, 0.717) is 5.56 Å². The highest BCUT2D eigenvalue weighted by atomic mass is 16.9. The van der Waals surface area contributed by atoms with Crippen molar-refractivity contribution in [3.8, 4) is 5.75 Å². The van der Waals surface area contributed by atoms with Crippen molar-refractivity contribution < 1.29 is 24.3 Å². The van der Waals surface area contributed by atoms with E-state index in [1.54, 1.807) is 19.1 Å². The van der Waals surface area contributed by atoms with Crippen molar-refractivity contribution in [2.45, 2.75) is 19.8 Å². The van der Waals surface area contributed by atoms with Crippen LogP contribution in [-0.2, 0) is 16.1 Å². The van der Waals surface area contributed by atoms with Gasteiger partial charge in [-0.2, -0.15) is 0 Å². The number of amides is 1. The molecule has 1 rings (SSSR count). The summed E-state index contributed by atoms with van der Waals surface area (Å²) in [7, 11) is 0. The first-order valence-electron chi connectivity index (χ1n) is 5.85. The molecule has 0 aliphatic carbocycles. The van der Waals surface area contributed by atoms with Crippen LogP contribution in [0.4, 0.5) is 0 Å². The van der Waals surface area contributed by atoms with Gasteiger partial charge in [-0.3, -0.25) is 9.59 Å². The molecule has 1 amide bonds. The number of esters is 1. The van der Waals surface area contributed by atoms with Crippen LogP contribution in [0.5, 0.6) is 5.75 Å². The van der Waals surface area contributed by atoms with E-state index in [-0.39, 0.29) is 30.8 Å². The minimum atomic E-state index is -0.921. The monoisotopic (exact) mass is 282 g/mol. The van der Waals surface area contributed by atoms with Crippen LogP contribution in [0, 0.1) is 10.1 Å². The number of ether oxygens (including phenoxy) is 1. The normalized spacial score (nSPS) is 9.85. The van der Waals surface area contributed by atoms with Crippen LogP contribution < -0.4 is 10.5 Å². The Morgan fingerprint density at radius 3 is 2.65 bits per heavy atom. The Labute approximate surface area is 114 Å². The molecule has 0 aromatic heterocycles. The Morgan fingerprint density at radius 1 is 1.40 bits per heavy atom. The van der Waals surface area contributed by atoms with Crippen LogP contribution >= 0.6 is 0 Å². The molecule has 0 heterocycles. The zero-order valence-electron chi connectivity index (χ0n) is 10.8. The van der Waals surface area contributed by atoms with E-state index < -0.39 is 17.0 Å². The number of carbonyl (C=O) groups is 2. The van der Waals surface area contributed by atoms with E-state index in [2.05, 4.69) is 4.84 Å². The fourth-order valence-corrected chi connectivity index (χ4v) is 1.51. The molecule has 0 saturated heterocycles. The second-order valence-electron chi connectivity index (χ2n) is 3.79. The van der Waals surface area contributed by atoms with Crippen molar-refractivity contribution in [1.82, 2.24) is 0 Å². The maximum Gasteiger partial charge on any atom is 0.310 e. The van der Waals surface area contributed by atoms with Crippen molar-refractivity contribution in [2.75, 3.05) is 6.61 Å². The van der Waals surface area contributed by atoms with Crippen molar-refractivity contribution in [2.24, 2.45) is 5.73 Å². The van der Waals surface area contributed by atoms with E-state index >= 15 is 0 Å². The summed E-state index contributed by atoms with van der Waals surface area (Å²) >= 11 is 0. The number of para-hydroxylation sites is 1. The number of nitrogens with zero attached hydrogens (tertiary/aromatic N) is 1. The highest BCUT2D eigenvalue weighted by Crippen LogP contribution is 2.25. The Balaban J connectivity index is 3.02. The van der Waals surface area contributed by atoms with Crippen LogP contribution in [0.25, 0.3) is 0 Å². The lowest BCUT2D eigenvalue weighted by atomic mass is 10.1. The largest absolute Gasteiger partial charge is 0.425 e. The van der Waals surface area contributed by atoms with E-state index in [1.165, 1.54) is 6.07 Å². The highest BCUT2D eigenvalue weighted by Gasteiger charge is 2.16. The van der Waals surface area contributed by atoms with Gasteiger partial charge in [0.1, 0.15) is 12.4 Å². The van der Waals surface area contributed by atoms with Gasteiger partial charge in [-0.1, -0.05) is 19.1 Å². The molecule has 1 aromatic rings. The summed E-state index contributed by atoms with van der Waals surface area (Å²) in [6, 6.07) is 4.54. The van der Waals surface area contributed by atoms with E-state index in [9.17, 15) is 19.7 Å². The third kappa shape index (κ3) is 4.23. The van der Waals surface area contributed by atoms with Gasteiger partial charge in [0.15, 0.2) is 0 Å². The number of nitrogens with two attached hydrogens (primary N) is 1. The predicted octanol–water partition coefficient (Wildman–Crippen LogP) is 0.852. The smallest absolute Gasteiger partial charge is 0.310 e. The van der Waals surface area contributed by atoms with Crippen molar-refractivity contribution >= 4 is 11.9 Å². The number of benzene rings is 1. The molecule has 108 valence electrons. The Morgan fingerprint density at radius 2 is 2.10 bits per heavy atom. The fourth-order valence-electron chi connectivity index (χ4n) is 1.51. The molecule has 2 N–H and O–H groups in total. The molecule has 0 saturated carbocycles. The van der Waals surface area contributed by atoms with Gasteiger partial charge in [-0.15, -0.1) is 10.1 Å². The molecular weight excluding hydrogens is 268 g/mol. The topological polar surface area (TPSA) is 122 Å². The third-order valence-electron chi connectivity index (χ3n) is 2.43. The predicted molar refractivity (Wildman–Crippen MR) is 67.5 cm³/mol. The molecule has 0 bridgehead atoms. The quantitative estimate of drug-likeness (QED) is 0.342. The summed E-state index contributed by atoms with van der Waals surface area (Å²) in [5.41, 5.74) is 5.69. The van der Waals surface area contributed by atoms with Crippen LogP contribution in [-0.4, -0.2) is 23.6 Å². The maximum absolute atomic E-state index is 11.4. The molecule has 0 atom stereocenters. The fraction of sp³-hybridized carbons (Fsp3) is 0.333. The standard InChI is InChI=1S/C12H14N2O6/c1-2-10(15)20-11-8(6-7-19-14(17)18)4-3-5-9(11)12(13)16/h3-5H,2,6-7H2,1H3,(H2,13,16). The summed E-state index contributed by atoms with van der Waals surface area (Å²) in [6.45, 7) is 1.39. The second kappa shape index (κ2) is 7.07. The molecular formula is C12H14N2O6. The van der Waals surface area contributed by atoms with Gasteiger partial charge < -0.3 is 15.3 Å². The van der Waals surface area contributed by atoms with Crippen molar-refractivity contribution in [3.05, 3.63) is 39.4 Å². The van der Waals surface area contributed by atoms with Gasteiger partial charge in [0, 0.05) is 6.42 Å². The van der Waals surface area contributed by atoms with Gasteiger partial charge in [-0.25, -0.2) is 0 Å². The van der Waals surface area contributed by atoms with E-state index in [0.717, 1.165) is 0 Å². The van der Waals surface area contributed by atoms with Gasteiger partial charge in [0.25, 0.3) is 11.0 Å². The summed E-state index contributed by atoms with van der Waals surface area (Å²) in [5, 5.41) is 9.18. The first kappa shape index (κ1) is 15.4. The zero-order chi connectivity index (χ0) is 15.1. The van der Waals surface area contributed by atoms with Gasteiger partial charge >= 0.3 is 5.97 Å². The Hall–Kier alpha value is -2.64. The molecule has 0 aliphatic heterocycles. The SMILES string of the molecule is CCC(=O)Oc1c(CCO[N+](=O)[O-])cccc1C(N)=O. The van der Waals surface area contributed by atoms with E-state index in [4.69, 9.17) is 10.5 Å². The zero-order valence-corrected chi connectivity index (χ0v) is 10.8. The van der Waals surface area contributed by atoms with Crippen LogP contribution in [0.2, 0.25) is 0 Å². The lowest BCUT2D eigenvalue weighted by Gasteiger charge is -2.12. The molecule has 0 radical (unpaired) electrons. The third-order valence-corrected chi connectivity index (χ3v) is 2.43. The lowest BCUT2D eigenvalue weighted by Crippen LogP contribution is -2.17. The summed E-state index contributed by atoms with van der Waals surface area (Å²) in [6.07, 6.45) is 0.229. The molecule has 0 aliphatic rings. The Bertz CT molecular complexity index is 529. The lowest BCUT2D eigenvalue weighted by molar-refractivity contribution is -0.757. The molecule has 8 nitrogen and oxygen atoms in total. The number of hydrogen-bond donors (Lipinski definition) is 1. The summed E-state index contributed by atoms with van der Waals surface area (Å²) < 4.78 is 5.08. The summed E-state index contributed by atoms with van der Waals surface area (Å²) in [5.74, 6) is -1.25. The Kier molecular flexibility index (Phi) is 5.45. The minimum Gasteiger partial charge on any atom is -0.425 e. The number of primary amides is 1. The van der Waals surface area contributed by atoms with Gasteiger partial charge in [-0.05, 0) is 18.1 Å².